The third kappa shape index (κ3) is 3.65. The Morgan fingerprint density at radius 1 is 1.17 bits per heavy atom. The molecule has 2 aliphatic carbocycles. The van der Waals surface area contributed by atoms with Crippen LogP contribution in [0.5, 0.6) is 0 Å². The smallest absolute Gasteiger partial charge is 0.253 e. The summed E-state index contributed by atoms with van der Waals surface area (Å²) in [4.78, 5) is 24.6. The molecule has 5 nitrogen and oxygen atoms in total. The van der Waals surface area contributed by atoms with Crippen LogP contribution < -0.4 is 11.1 Å². The maximum absolute atomic E-state index is 12.8. The molecule has 2 atom stereocenters. The van der Waals surface area contributed by atoms with E-state index in [-0.39, 0.29) is 23.8 Å². The molecule has 2 aliphatic rings. The van der Waals surface area contributed by atoms with Crippen molar-refractivity contribution in [1.82, 2.24) is 9.88 Å². The molecule has 132 valence electrons. The van der Waals surface area contributed by atoms with Gasteiger partial charge < -0.3 is 15.6 Å². The van der Waals surface area contributed by atoms with Gasteiger partial charge in [-0.2, -0.15) is 0 Å². The van der Waals surface area contributed by atoms with Crippen LogP contribution in [0, 0.1) is 25.7 Å². The molecule has 24 heavy (non-hydrogen) atoms. The molecule has 0 radical (unpaired) electrons. The molecule has 0 bridgehead atoms. The normalized spacial score (nSPS) is 24.4. The van der Waals surface area contributed by atoms with Crippen molar-refractivity contribution < 1.29 is 9.59 Å². The van der Waals surface area contributed by atoms with Crippen LogP contribution in [0.1, 0.15) is 66.7 Å². The van der Waals surface area contributed by atoms with Crippen molar-refractivity contribution in [1.29, 1.82) is 0 Å². The van der Waals surface area contributed by atoms with Gasteiger partial charge in [0.25, 0.3) is 5.91 Å². The molecule has 0 aromatic carbocycles. The maximum Gasteiger partial charge on any atom is 0.253 e. The van der Waals surface area contributed by atoms with E-state index in [0.717, 1.165) is 61.5 Å². The zero-order chi connectivity index (χ0) is 17.3. The summed E-state index contributed by atoms with van der Waals surface area (Å²) in [7, 11) is 0. The second-order valence-corrected chi connectivity index (χ2v) is 7.57. The summed E-state index contributed by atoms with van der Waals surface area (Å²) < 4.78 is 2.26. The van der Waals surface area contributed by atoms with Crippen LogP contribution >= 0.6 is 0 Å². The van der Waals surface area contributed by atoms with Gasteiger partial charge in [-0.05, 0) is 51.5 Å². The Morgan fingerprint density at radius 3 is 2.54 bits per heavy atom. The van der Waals surface area contributed by atoms with Crippen molar-refractivity contribution in [2.45, 2.75) is 71.4 Å². The van der Waals surface area contributed by atoms with Gasteiger partial charge in [-0.3, -0.25) is 9.59 Å². The van der Waals surface area contributed by atoms with Gasteiger partial charge in [0.2, 0.25) is 5.91 Å². The Hall–Kier alpha value is -1.78. The highest BCUT2D eigenvalue weighted by molar-refractivity contribution is 5.96. The van der Waals surface area contributed by atoms with Crippen LogP contribution in [-0.4, -0.2) is 22.4 Å². The van der Waals surface area contributed by atoms with E-state index in [1.807, 2.05) is 13.0 Å². The standard InChI is InChI=1S/C19H29N3O2/c1-12-10-16(13(2)22(12)11-14-8-9-14)19(24)21-17-7-5-3-4-6-15(17)18(20)23/h10,14-15,17H,3-9,11H2,1-2H3,(H2,20,23)(H,21,24)/t15-,17+/m1/s1. The molecule has 3 N–H and O–H groups in total. The summed E-state index contributed by atoms with van der Waals surface area (Å²) in [5.74, 6) is 0.169. The number of carbonyl (C=O) groups excluding carboxylic acids is 2. The number of nitrogens with zero attached hydrogens (tertiary/aromatic N) is 1. The Morgan fingerprint density at radius 2 is 1.88 bits per heavy atom. The number of carbonyl (C=O) groups is 2. The molecule has 5 heteroatoms. The van der Waals surface area contributed by atoms with Gasteiger partial charge in [-0.1, -0.05) is 19.3 Å². The van der Waals surface area contributed by atoms with Gasteiger partial charge in [0, 0.05) is 24.0 Å². The number of hydrogen-bond acceptors (Lipinski definition) is 2. The van der Waals surface area contributed by atoms with Gasteiger partial charge in [-0.25, -0.2) is 0 Å². The number of amides is 2. The number of primary amides is 1. The van der Waals surface area contributed by atoms with Crippen LogP contribution in [0.3, 0.4) is 0 Å². The fraction of sp³-hybridized carbons (Fsp3) is 0.684. The number of aromatic nitrogens is 1. The lowest BCUT2D eigenvalue weighted by molar-refractivity contribution is -0.122. The molecule has 0 aliphatic heterocycles. The number of nitrogens with two attached hydrogens (primary N) is 1. The topological polar surface area (TPSA) is 77.1 Å². The second kappa shape index (κ2) is 6.99. The van der Waals surface area contributed by atoms with Gasteiger partial charge in [0.1, 0.15) is 0 Å². The number of rotatable bonds is 5. The summed E-state index contributed by atoms with van der Waals surface area (Å²) in [5, 5.41) is 3.10. The Bertz CT molecular complexity index is 631. The largest absolute Gasteiger partial charge is 0.369 e. The summed E-state index contributed by atoms with van der Waals surface area (Å²) in [6.07, 6.45) is 7.35. The summed E-state index contributed by atoms with van der Waals surface area (Å²) in [6, 6.07) is 1.84. The monoisotopic (exact) mass is 331 g/mol. The SMILES string of the molecule is Cc1cc(C(=O)N[C@H]2CCCCC[C@H]2C(N)=O)c(C)n1CC1CC1. The van der Waals surface area contributed by atoms with Crippen LogP contribution in [0.15, 0.2) is 6.07 Å². The summed E-state index contributed by atoms with van der Waals surface area (Å²) in [5.41, 5.74) is 8.47. The van der Waals surface area contributed by atoms with Gasteiger partial charge in [0.15, 0.2) is 0 Å². The molecule has 3 rings (SSSR count). The van der Waals surface area contributed by atoms with Crippen LogP contribution in [0.25, 0.3) is 0 Å². The molecule has 0 spiro atoms. The van der Waals surface area contributed by atoms with E-state index in [1.165, 1.54) is 12.8 Å². The summed E-state index contributed by atoms with van der Waals surface area (Å²) >= 11 is 0. The minimum absolute atomic E-state index is 0.0664. The molecule has 1 aromatic rings. The lowest BCUT2D eigenvalue weighted by atomic mass is 9.94. The van der Waals surface area contributed by atoms with E-state index in [4.69, 9.17) is 5.73 Å². The number of hydrogen-bond donors (Lipinski definition) is 2. The molecular weight excluding hydrogens is 302 g/mol. The highest BCUT2D eigenvalue weighted by Crippen LogP contribution is 2.32. The van der Waals surface area contributed by atoms with Crippen LogP contribution in [-0.2, 0) is 11.3 Å². The predicted molar refractivity (Wildman–Crippen MR) is 93.7 cm³/mol. The minimum atomic E-state index is -0.290. The average molecular weight is 331 g/mol. The van der Waals surface area contributed by atoms with E-state index >= 15 is 0 Å². The highest BCUT2D eigenvalue weighted by atomic mass is 16.2. The number of aryl methyl sites for hydroxylation is 1. The first-order chi connectivity index (χ1) is 11.5. The Labute approximate surface area is 144 Å². The molecule has 0 unspecified atom stereocenters. The maximum atomic E-state index is 12.8. The van der Waals surface area contributed by atoms with E-state index in [9.17, 15) is 9.59 Å². The van der Waals surface area contributed by atoms with Crippen molar-refractivity contribution >= 4 is 11.8 Å². The highest BCUT2D eigenvalue weighted by Gasteiger charge is 2.30. The lowest BCUT2D eigenvalue weighted by Gasteiger charge is -2.23. The molecule has 2 amide bonds. The van der Waals surface area contributed by atoms with Gasteiger partial charge in [-0.15, -0.1) is 0 Å². The first-order valence-corrected chi connectivity index (χ1v) is 9.24. The fourth-order valence-electron chi connectivity index (χ4n) is 3.94. The van der Waals surface area contributed by atoms with Crippen molar-refractivity contribution in [3.63, 3.8) is 0 Å². The fourth-order valence-corrected chi connectivity index (χ4v) is 3.94. The molecule has 1 aromatic heterocycles. The average Bonchev–Trinajstić information content (AvgIpc) is 3.32. The van der Waals surface area contributed by atoms with Gasteiger partial charge in [0.05, 0.1) is 11.5 Å². The Kier molecular flexibility index (Phi) is 4.97. The van der Waals surface area contributed by atoms with Crippen molar-refractivity contribution in [3.05, 3.63) is 23.0 Å². The van der Waals surface area contributed by atoms with E-state index < -0.39 is 0 Å². The molecular formula is C19H29N3O2. The van der Waals surface area contributed by atoms with Crippen molar-refractivity contribution in [3.8, 4) is 0 Å². The first-order valence-electron chi connectivity index (χ1n) is 9.24. The second-order valence-electron chi connectivity index (χ2n) is 7.57. The number of nitrogens with one attached hydrogen (secondary N) is 1. The van der Waals surface area contributed by atoms with Gasteiger partial charge >= 0.3 is 0 Å². The van der Waals surface area contributed by atoms with Crippen molar-refractivity contribution in [2.75, 3.05) is 0 Å². The van der Waals surface area contributed by atoms with E-state index in [2.05, 4.69) is 16.8 Å². The van der Waals surface area contributed by atoms with Crippen molar-refractivity contribution in [2.24, 2.45) is 17.6 Å². The zero-order valence-corrected chi connectivity index (χ0v) is 14.8. The van der Waals surface area contributed by atoms with E-state index in [1.54, 1.807) is 0 Å². The molecule has 2 saturated carbocycles. The zero-order valence-electron chi connectivity index (χ0n) is 14.8. The quantitative estimate of drug-likeness (QED) is 0.814. The minimum Gasteiger partial charge on any atom is -0.369 e. The Balaban J connectivity index is 1.74. The van der Waals surface area contributed by atoms with Crippen LogP contribution in [0.2, 0.25) is 0 Å². The lowest BCUT2D eigenvalue weighted by Crippen LogP contribution is -2.45. The van der Waals surface area contributed by atoms with E-state index in [0.29, 0.717) is 0 Å². The molecule has 2 fully saturated rings. The predicted octanol–water partition coefficient (Wildman–Crippen LogP) is 2.68. The summed E-state index contributed by atoms with van der Waals surface area (Å²) in [6.45, 7) is 5.09. The molecule has 1 heterocycles. The first kappa shape index (κ1) is 17.1. The third-order valence-corrected chi connectivity index (χ3v) is 5.65. The van der Waals surface area contributed by atoms with Crippen LogP contribution in [0.4, 0.5) is 0 Å². The third-order valence-electron chi connectivity index (χ3n) is 5.65. The molecule has 0 saturated heterocycles.